The van der Waals surface area contributed by atoms with E-state index in [1.54, 1.807) is 0 Å². The highest BCUT2D eigenvalue weighted by atomic mass is 14.2. The van der Waals surface area contributed by atoms with Crippen LogP contribution in [0.5, 0.6) is 0 Å². The molecule has 0 radical (unpaired) electrons. The third kappa shape index (κ3) is 3.65. The molecule has 0 atom stereocenters. The predicted octanol–water partition coefficient (Wildman–Crippen LogP) is 8.30. The Bertz CT molecular complexity index is 923. The summed E-state index contributed by atoms with van der Waals surface area (Å²) in [5.74, 6) is 0.496. The van der Waals surface area contributed by atoms with Gasteiger partial charge in [0.2, 0.25) is 0 Å². The van der Waals surface area contributed by atoms with Crippen molar-refractivity contribution >= 4 is 0 Å². The maximum atomic E-state index is 2.42. The first-order chi connectivity index (χ1) is 13.1. The second kappa shape index (κ2) is 7.59. The maximum absolute atomic E-state index is 2.42. The molecule has 0 heterocycles. The van der Waals surface area contributed by atoms with Crippen molar-refractivity contribution in [2.75, 3.05) is 0 Å². The maximum Gasteiger partial charge on any atom is -0.0122 e. The number of aryl methyl sites for hydroxylation is 6. The zero-order valence-corrected chi connectivity index (χ0v) is 19.0. The van der Waals surface area contributed by atoms with Crippen molar-refractivity contribution in [3.8, 4) is 22.3 Å². The van der Waals surface area contributed by atoms with Crippen LogP contribution in [-0.4, -0.2) is 0 Å². The van der Waals surface area contributed by atoms with Crippen LogP contribution in [0.1, 0.15) is 64.3 Å². The average Bonchev–Trinajstić information content (AvgIpc) is 2.55. The van der Waals surface area contributed by atoms with E-state index in [9.17, 15) is 0 Å². The lowest BCUT2D eigenvalue weighted by molar-refractivity contribution is 0.867. The second-order valence-electron chi connectivity index (χ2n) is 8.94. The van der Waals surface area contributed by atoms with Gasteiger partial charge in [0.15, 0.2) is 0 Å². The number of hydrogen-bond donors (Lipinski definition) is 0. The second-order valence-corrected chi connectivity index (χ2v) is 8.94. The molecule has 0 aliphatic heterocycles. The van der Waals surface area contributed by atoms with Crippen molar-refractivity contribution < 1.29 is 0 Å². The molecule has 0 aliphatic rings. The topological polar surface area (TPSA) is 0 Å². The molecular formula is C28H34. The molecule has 3 aromatic carbocycles. The van der Waals surface area contributed by atoms with E-state index in [2.05, 4.69) is 98.7 Å². The molecule has 0 spiro atoms. The molecule has 3 rings (SSSR count). The van der Waals surface area contributed by atoms with Gasteiger partial charge in [-0.25, -0.2) is 0 Å². The van der Waals surface area contributed by atoms with Crippen LogP contribution in [0.3, 0.4) is 0 Å². The van der Waals surface area contributed by atoms with Crippen molar-refractivity contribution in [2.45, 2.75) is 68.2 Å². The van der Waals surface area contributed by atoms with Crippen LogP contribution in [-0.2, 0) is 0 Å². The zero-order valence-electron chi connectivity index (χ0n) is 19.0. The van der Waals surface area contributed by atoms with Crippen LogP contribution in [0.2, 0.25) is 0 Å². The SMILES string of the molecule is Cc1cc(C)c(-c2cc(C(C)C)cc(-c3c(C)cc(C)cc3C)c2C)c(C)c1. The van der Waals surface area contributed by atoms with Crippen LogP contribution < -0.4 is 0 Å². The molecule has 0 amide bonds. The van der Waals surface area contributed by atoms with E-state index >= 15 is 0 Å². The Labute approximate surface area is 171 Å². The molecular weight excluding hydrogens is 336 g/mol. The molecule has 0 saturated carbocycles. The van der Waals surface area contributed by atoms with Gasteiger partial charge in [-0.2, -0.15) is 0 Å². The summed E-state index contributed by atoms with van der Waals surface area (Å²) in [5, 5.41) is 0. The van der Waals surface area contributed by atoms with Crippen molar-refractivity contribution in [3.63, 3.8) is 0 Å². The summed E-state index contributed by atoms with van der Waals surface area (Å²) in [6, 6.07) is 14.1. The Hall–Kier alpha value is -2.34. The molecule has 0 bridgehead atoms. The molecule has 0 unspecified atom stereocenters. The van der Waals surface area contributed by atoms with E-state index < -0.39 is 0 Å². The first kappa shape index (κ1) is 20.4. The molecule has 0 fully saturated rings. The van der Waals surface area contributed by atoms with E-state index in [1.165, 1.54) is 66.8 Å². The number of benzene rings is 3. The Morgan fingerprint density at radius 2 is 0.821 bits per heavy atom. The Kier molecular flexibility index (Phi) is 5.53. The highest BCUT2D eigenvalue weighted by Gasteiger charge is 2.18. The fourth-order valence-electron chi connectivity index (χ4n) is 4.80. The summed E-state index contributed by atoms with van der Waals surface area (Å²) >= 11 is 0. The van der Waals surface area contributed by atoms with Gasteiger partial charge in [-0.05, 0) is 110 Å². The first-order valence-electron chi connectivity index (χ1n) is 10.4. The molecule has 0 heteroatoms. The van der Waals surface area contributed by atoms with Gasteiger partial charge in [0.25, 0.3) is 0 Å². The predicted molar refractivity (Wildman–Crippen MR) is 125 cm³/mol. The largest absolute Gasteiger partial charge is 0.0587 e. The zero-order chi connectivity index (χ0) is 20.7. The summed E-state index contributed by atoms with van der Waals surface area (Å²) in [7, 11) is 0. The van der Waals surface area contributed by atoms with Gasteiger partial charge >= 0.3 is 0 Å². The lowest BCUT2D eigenvalue weighted by Crippen LogP contribution is -2.00. The van der Waals surface area contributed by atoms with Gasteiger partial charge in [-0.15, -0.1) is 0 Å². The summed E-state index contributed by atoms with van der Waals surface area (Å²) in [6.07, 6.45) is 0. The smallest absolute Gasteiger partial charge is 0.0122 e. The quantitative estimate of drug-likeness (QED) is 0.435. The van der Waals surface area contributed by atoms with E-state index in [1.807, 2.05) is 0 Å². The Morgan fingerprint density at radius 1 is 0.500 bits per heavy atom. The highest BCUT2D eigenvalue weighted by molar-refractivity contribution is 5.84. The Balaban J connectivity index is 2.40. The van der Waals surface area contributed by atoms with E-state index in [0.29, 0.717) is 5.92 Å². The van der Waals surface area contributed by atoms with Crippen molar-refractivity contribution in [3.05, 3.63) is 80.9 Å². The summed E-state index contributed by atoms with van der Waals surface area (Å²) in [5.41, 5.74) is 16.5. The molecule has 0 saturated heterocycles. The fraction of sp³-hybridized carbons (Fsp3) is 0.357. The van der Waals surface area contributed by atoms with E-state index in [0.717, 1.165) is 0 Å². The fourth-order valence-corrected chi connectivity index (χ4v) is 4.80. The summed E-state index contributed by atoms with van der Waals surface area (Å²) in [4.78, 5) is 0. The lowest BCUT2D eigenvalue weighted by atomic mass is 9.82. The summed E-state index contributed by atoms with van der Waals surface area (Å²) < 4.78 is 0. The monoisotopic (exact) mass is 370 g/mol. The van der Waals surface area contributed by atoms with Crippen molar-refractivity contribution in [1.29, 1.82) is 0 Å². The van der Waals surface area contributed by atoms with Gasteiger partial charge in [0, 0.05) is 0 Å². The van der Waals surface area contributed by atoms with Crippen LogP contribution >= 0.6 is 0 Å². The van der Waals surface area contributed by atoms with Gasteiger partial charge in [0.05, 0.1) is 0 Å². The van der Waals surface area contributed by atoms with Crippen LogP contribution in [0.4, 0.5) is 0 Å². The molecule has 0 aromatic heterocycles. The number of rotatable bonds is 3. The average molecular weight is 371 g/mol. The van der Waals surface area contributed by atoms with Crippen LogP contribution in [0.25, 0.3) is 22.3 Å². The molecule has 146 valence electrons. The third-order valence-corrected chi connectivity index (χ3v) is 5.99. The molecule has 0 aliphatic carbocycles. The number of hydrogen-bond acceptors (Lipinski definition) is 0. The summed E-state index contributed by atoms with van der Waals surface area (Å²) in [6.45, 7) is 20.3. The Morgan fingerprint density at radius 3 is 1.11 bits per heavy atom. The minimum atomic E-state index is 0.496. The molecule has 0 nitrogen and oxygen atoms in total. The molecule has 0 N–H and O–H groups in total. The van der Waals surface area contributed by atoms with Gasteiger partial charge in [-0.1, -0.05) is 61.4 Å². The van der Waals surface area contributed by atoms with Gasteiger partial charge < -0.3 is 0 Å². The van der Waals surface area contributed by atoms with Crippen LogP contribution in [0.15, 0.2) is 36.4 Å². The highest BCUT2D eigenvalue weighted by Crippen LogP contribution is 2.40. The lowest BCUT2D eigenvalue weighted by Gasteiger charge is -2.22. The van der Waals surface area contributed by atoms with Crippen molar-refractivity contribution in [1.82, 2.24) is 0 Å². The van der Waals surface area contributed by atoms with E-state index in [4.69, 9.17) is 0 Å². The minimum absolute atomic E-state index is 0.496. The van der Waals surface area contributed by atoms with E-state index in [-0.39, 0.29) is 0 Å². The first-order valence-corrected chi connectivity index (χ1v) is 10.4. The molecule has 3 aromatic rings. The molecule has 28 heavy (non-hydrogen) atoms. The standard InChI is InChI=1S/C28H34/c1-16(2)24-14-25(27-19(5)10-17(3)11-20(27)6)23(9)26(15-24)28-21(7)12-18(4)13-22(28)8/h10-16H,1-9H3. The van der Waals surface area contributed by atoms with Crippen LogP contribution in [0, 0.1) is 48.5 Å². The van der Waals surface area contributed by atoms with Crippen molar-refractivity contribution in [2.24, 2.45) is 0 Å². The third-order valence-electron chi connectivity index (χ3n) is 5.99. The minimum Gasteiger partial charge on any atom is -0.0587 e. The van der Waals surface area contributed by atoms with Gasteiger partial charge in [-0.3, -0.25) is 0 Å². The normalized spacial score (nSPS) is 11.4. The van der Waals surface area contributed by atoms with Gasteiger partial charge in [0.1, 0.15) is 0 Å².